The minimum Gasteiger partial charge on any atom is -0.315 e. The summed E-state index contributed by atoms with van der Waals surface area (Å²) in [5.41, 5.74) is 3.45. The Bertz CT molecular complexity index is 958. The van der Waals surface area contributed by atoms with E-state index < -0.39 is 9.84 Å². The molecule has 2 heterocycles. The van der Waals surface area contributed by atoms with E-state index in [0.29, 0.717) is 5.02 Å². The molecule has 26 heavy (non-hydrogen) atoms. The highest BCUT2D eigenvalue weighted by molar-refractivity contribution is 8.13. The van der Waals surface area contributed by atoms with E-state index in [2.05, 4.69) is 24.0 Å². The smallest absolute Gasteiger partial charge is 0.164 e. The van der Waals surface area contributed by atoms with Crippen molar-refractivity contribution in [2.24, 2.45) is 4.99 Å². The second-order valence-electron chi connectivity index (χ2n) is 6.68. The Morgan fingerprint density at radius 3 is 2.62 bits per heavy atom. The first-order valence-electron chi connectivity index (χ1n) is 8.43. The second kappa shape index (κ2) is 6.91. The lowest BCUT2D eigenvalue weighted by Crippen LogP contribution is -2.39. The maximum absolute atomic E-state index is 12.1. The van der Waals surface area contributed by atoms with E-state index in [0.717, 1.165) is 16.6 Å². The van der Waals surface area contributed by atoms with Gasteiger partial charge in [0.05, 0.1) is 23.6 Å². The lowest BCUT2D eigenvalue weighted by atomic mass is 10.1. The van der Waals surface area contributed by atoms with Gasteiger partial charge < -0.3 is 4.90 Å². The minimum absolute atomic E-state index is 0.124. The van der Waals surface area contributed by atoms with Crippen LogP contribution >= 0.6 is 23.4 Å². The second-order valence-corrected chi connectivity index (χ2v) is 10.2. The molecule has 136 valence electrons. The lowest BCUT2D eigenvalue weighted by molar-refractivity contribution is 0.601. The molecule has 0 amide bonds. The van der Waals surface area contributed by atoms with Gasteiger partial charge in [-0.1, -0.05) is 47.6 Å². The van der Waals surface area contributed by atoms with Crippen molar-refractivity contribution in [3.05, 3.63) is 64.7 Å². The van der Waals surface area contributed by atoms with Gasteiger partial charge >= 0.3 is 0 Å². The van der Waals surface area contributed by atoms with E-state index in [9.17, 15) is 8.42 Å². The molecule has 2 atom stereocenters. The van der Waals surface area contributed by atoms with Crippen LogP contribution in [0, 0.1) is 6.92 Å². The first-order chi connectivity index (χ1) is 12.4. The highest BCUT2D eigenvalue weighted by atomic mass is 35.5. The standard InChI is InChI=1S/C19H19ClN2O2S2/c1-13-4-2-3-5-14(13)10-25-19-21-17-11-26(23,24)12-18(17)22(19)16-8-6-15(20)7-9-16/h2-9,17-18H,10-12H2,1H3. The maximum Gasteiger partial charge on any atom is 0.164 e. The molecule has 0 saturated carbocycles. The van der Waals surface area contributed by atoms with Crippen LogP contribution in [0.4, 0.5) is 5.69 Å². The molecule has 2 aromatic rings. The van der Waals surface area contributed by atoms with Gasteiger partial charge in [0.2, 0.25) is 0 Å². The fourth-order valence-electron chi connectivity index (χ4n) is 3.45. The molecule has 2 aromatic carbocycles. The predicted molar refractivity (Wildman–Crippen MR) is 110 cm³/mol. The number of thioether (sulfide) groups is 1. The molecule has 4 nitrogen and oxygen atoms in total. The number of aliphatic imine (C=N–C) groups is 1. The zero-order valence-corrected chi connectivity index (χ0v) is 16.7. The van der Waals surface area contributed by atoms with Gasteiger partial charge in [-0.3, -0.25) is 4.99 Å². The Morgan fingerprint density at radius 2 is 1.88 bits per heavy atom. The van der Waals surface area contributed by atoms with Gasteiger partial charge in [-0.25, -0.2) is 8.42 Å². The lowest BCUT2D eigenvalue weighted by Gasteiger charge is -2.26. The third-order valence-electron chi connectivity index (χ3n) is 4.83. The van der Waals surface area contributed by atoms with Gasteiger partial charge in [-0.2, -0.15) is 0 Å². The predicted octanol–water partition coefficient (Wildman–Crippen LogP) is 3.92. The summed E-state index contributed by atoms with van der Waals surface area (Å²) in [6, 6.07) is 15.5. The van der Waals surface area contributed by atoms with Crippen LogP contribution in [0.15, 0.2) is 53.5 Å². The summed E-state index contributed by atoms with van der Waals surface area (Å²) in [6.07, 6.45) is 0. The van der Waals surface area contributed by atoms with Gasteiger partial charge in [0.25, 0.3) is 0 Å². The van der Waals surface area contributed by atoms with E-state index in [4.69, 9.17) is 16.6 Å². The molecule has 0 bridgehead atoms. The van der Waals surface area contributed by atoms with Crippen LogP contribution < -0.4 is 4.90 Å². The molecule has 7 heteroatoms. The van der Waals surface area contributed by atoms with Crippen LogP contribution in [0.25, 0.3) is 0 Å². The number of nitrogens with zero attached hydrogens (tertiary/aromatic N) is 2. The van der Waals surface area contributed by atoms with Gasteiger partial charge in [0, 0.05) is 16.5 Å². The monoisotopic (exact) mass is 406 g/mol. The number of hydrogen-bond donors (Lipinski definition) is 0. The number of amidine groups is 1. The van der Waals surface area contributed by atoms with E-state index >= 15 is 0 Å². The Kier molecular flexibility index (Phi) is 4.75. The highest BCUT2D eigenvalue weighted by Gasteiger charge is 2.47. The van der Waals surface area contributed by atoms with E-state index in [1.165, 1.54) is 11.1 Å². The van der Waals surface area contributed by atoms with Crippen molar-refractivity contribution in [2.75, 3.05) is 16.4 Å². The highest BCUT2D eigenvalue weighted by Crippen LogP contribution is 2.36. The van der Waals surface area contributed by atoms with Crippen LogP contribution in [0.3, 0.4) is 0 Å². The summed E-state index contributed by atoms with van der Waals surface area (Å²) in [7, 11) is -3.04. The third-order valence-corrected chi connectivity index (χ3v) is 7.80. The normalized spacial score (nSPS) is 23.8. The summed E-state index contributed by atoms with van der Waals surface area (Å²) in [5.74, 6) is 1.09. The average Bonchev–Trinajstić information content (AvgIpc) is 3.06. The number of hydrogen-bond acceptors (Lipinski definition) is 5. The Morgan fingerprint density at radius 1 is 1.15 bits per heavy atom. The van der Waals surface area contributed by atoms with E-state index in [-0.39, 0.29) is 23.6 Å². The molecule has 0 aromatic heterocycles. The van der Waals surface area contributed by atoms with Crippen molar-refractivity contribution in [1.29, 1.82) is 0 Å². The summed E-state index contributed by atoms with van der Waals surface area (Å²) in [6.45, 7) is 2.10. The third kappa shape index (κ3) is 3.50. The van der Waals surface area contributed by atoms with E-state index in [1.807, 2.05) is 36.4 Å². The molecule has 4 rings (SSSR count). The number of aryl methyl sites for hydroxylation is 1. The molecule has 2 aliphatic rings. The molecule has 0 aliphatic carbocycles. The summed E-state index contributed by atoms with van der Waals surface area (Å²) in [4.78, 5) is 6.84. The van der Waals surface area contributed by atoms with Crippen molar-refractivity contribution in [1.82, 2.24) is 0 Å². The number of halogens is 1. The van der Waals surface area contributed by atoms with Gasteiger partial charge in [0.1, 0.15) is 0 Å². The first kappa shape index (κ1) is 17.9. The van der Waals surface area contributed by atoms with Gasteiger partial charge in [0.15, 0.2) is 15.0 Å². The molecule has 1 fully saturated rings. The topological polar surface area (TPSA) is 49.7 Å². The van der Waals surface area contributed by atoms with Crippen LogP contribution in [0.2, 0.25) is 5.02 Å². The fraction of sp³-hybridized carbons (Fsp3) is 0.316. The quantitative estimate of drug-likeness (QED) is 0.775. The Hall–Kier alpha value is -1.50. The molecular weight excluding hydrogens is 388 g/mol. The number of rotatable bonds is 3. The van der Waals surface area contributed by atoms with Crippen LogP contribution in [0.1, 0.15) is 11.1 Å². The number of anilines is 1. The fourth-order valence-corrected chi connectivity index (χ4v) is 6.62. The van der Waals surface area contributed by atoms with Crippen molar-refractivity contribution in [3.8, 4) is 0 Å². The largest absolute Gasteiger partial charge is 0.315 e. The van der Waals surface area contributed by atoms with E-state index in [1.54, 1.807) is 11.8 Å². The molecule has 1 saturated heterocycles. The zero-order valence-electron chi connectivity index (χ0n) is 14.3. The molecule has 0 radical (unpaired) electrons. The zero-order chi connectivity index (χ0) is 18.3. The van der Waals surface area contributed by atoms with Gasteiger partial charge in [-0.05, 0) is 42.3 Å². The van der Waals surface area contributed by atoms with Crippen LogP contribution in [0.5, 0.6) is 0 Å². The van der Waals surface area contributed by atoms with Crippen molar-refractivity contribution < 1.29 is 8.42 Å². The number of benzene rings is 2. The minimum atomic E-state index is -3.04. The Balaban J connectivity index is 1.63. The number of fused-ring (bicyclic) bond motifs is 1. The van der Waals surface area contributed by atoms with Crippen LogP contribution in [-0.4, -0.2) is 37.2 Å². The summed E-state index contributed by atoms with van der Waals surface area (Å²) >= 11 is 7.68. The van der Waals surface area contributed by atoms with Crippen molar-refractivity contribution in [2.45, 2.75) is 24.8 Å². The van der Waals surface area contributed by atoms with Crippen molar-refractivity contribution >= 4 is 44.1 Å². The molecule has 2 aliphatic heterocycles. The molecule has 0 N–H and O–H groups in total. The molecule has 0 spiro atoms. The molecule has 2 unspecified atom stereocenters. The summed E-state index contributed by atoms with van der Waals surface area (Å²) in [5, 5.41) is 1.55. The van der Waals surface area contributed by atoms with Crippen molar-refractivity contribution in [3.63, 3.8) is 0 Å². The first-order valence-corrected chi connectivity index (χ1v) is 11.6. The summed E-state index contributed by atoms with van der Waals surface area (Å²) < 4.78 is 24.2. The average molecular weight is 407 g/mol. The van der Waals surface area contributed by atoms with Crippen LogP contribution in [-0.2, 0) is 15.6 Å². The SMILES string of the molecule is Cc1ccccc1CSC1=NC2CS(=O)(=O)CC2N1c1ccc(Cl)cc1. The maximum atomic E-state index is 12.1. The Labute approximate surface area is 163 Å². The number of sulfone groups is 1. The molecular formula is C19H19ClN2O2S2. The van der Waals surface area contributed by atoms with Gasteiger partial charge in [-0.15, -0.1) is 0 Å².